The van der Waals surface area contributed by atoms with Crippen molar-refractivity contribution in [3.8, 4) is 0 Å². The largest absolute Gasteiger partial charge is 0.472 e. The Morgan fingerprint density at radius 2 is 0.708 bits per heavy atom. The first kappa shape index (κ1) is 70.8. The fourth-order valence-corrected chi connectivity index (χ4v) is 10.2. The molecule has 0 saturated carbocycles. The monoisotopic (exact) mass is 1040 g/mol. The van der Waals surface area contributed by atoms with E-state index in [9.17, 15) is 19.0 Å². The van der Waals surface area contributed by atoms with Crippen LogP contribution in [0.3, 0.4) is 0 Å². The third-order valence-electron chi connectivity index (χ3n) is 14.3. The molecule has 0 aromatic heterocycles. The Bertz CT molecular complexity index is 1220. The number of rotatable bonds is 59. The van der Waals surface area contributed by atoms with Gasteiger partial charge in [0.2, 0.25) is 0 Å². The fraction of sp³-hybridized carbons (Fsp3) is 0.935. The van der Waals surface area contributed by atoms with Crippen LogP contribution >= 0.6 is 7.82 Å². The van der Waals surface area contributed by atoms with Crippen molar-refractivity contribution in [2.45, 2.75) is 328 Å². The SMILES string of the molecule is CCCCCCCCCC/C=C\CCCCCCCCCCCCCCCCCCCC(=O)OC(COC(=O)CCCCCCCCCCCCCCCCCCCCC)COP(=O)(O)OCC[N+](C)(C)C. The third kappa shape index (κ3) is 58.0. The first-order valence-electron chi connectivity index (χ1n) is 31.4. The number of hydrogen-bond donors (Lipinski definition) is 1. The highest BCUT2D eigenvalue weighted by Crippen LogP contribution is 2.43. The van der Waals surface area contributed by atoms with Crippen molar-refractivity contribution < 1.29 is 42.1 Å². The van der Waals surface area contributed by atoms with Crippen molar-refractivity contribution in [2.75, 3.05) is 47.5 Å². The molecule has 0 radical (unpaired) electrons. The average molecular weight is 1040 g/mol. The van der Waals surface area contributed by atoms with E-state index in [0.717, 1.165) is 38.5 Å². The van der Waals surface area contributed by atoms with Crippen LogP contribution in [-0.2, 0) is 32.7 Å². The Hall–Kier alpha value is -1.25. The minimum Gasteiger partial charge on any atom is -0.462 e. The van der Waals surface area contributed by atoms with Crippen LogP contribution in [0.1, 0.15) is 322 Å². The highest BCUT2D eigenvalue weighted by Gasteiger charge is 2.27. The maximum atomic E-state index is 12.8. The number of nitrogens with zero attached hydrogens (tertiary/aromatic N) is 1. The van der Waals surface area contributed by atoms with E-state index in [1.54, 1.807) is 0 Å². The molecular formula is C62H123NO8P+. The molecule has 0 amide bonds. The summed E-state index contributed by atoms with van der Waals surface area (Å²) in [6.45, 7) is 4.50. The lowest BCUT2D eigenvalue weighted by molar-refractivity contribution is -0.870. The van der Waals surface area contributed by atoms with Gasteiger partial charge in [-0.15, -0.1) is 0 Å². The molecule has 0 aliphatic carbocycles. The van der Waals surface area contributed by atoms with E-state index in [4.69, 9.17) is 18.5 Å². The van der Waals surface area contributed by atoms with Crippen LogP contribution < -0.4 is 0 Å². The molecule has 428 valence electrons. The standard InChI is InChI=1S/C62H122NO8P/c1-6-8-10-12-14-16-18-20-22-24-26-27-28-29-30-31-32-33-34-35-37-39-41-43-45-47-49-51-53-55-62(65)71-60(59-70-72(66,67)69-57-56-63(3,4)5)58-68-61(64)54-52-50-48-46-44-42-40-38-36-25-23-21-19-17-15-13-11-9-7-2/h24,26,60H,6-23,25,27-59H2,1-5H3/p+1/b26-24-. The first-order valence-corrected chi connectivity index (χ1v) is 32.9. The Morgan fingerprint density at radius 1 is 0.417 bits per heavy atom. The number of likely N-dealkylation sites (N-methyl/N-ethyl adjacent to an activating group) is 1. The van der Waals surface area contributed by atoms with Crippen LogP contribution in [-0.4, -0.2) is 74.9 Å². The molecule has 0 aliphatic heterocycles. The van der Waals surface area contributed by atoms with E-state index >= 15 is 0 Å². The molecular weight excluding hydrogens is 918 g/mol. The summed E-state index contributed by atoms with van der Waals surface area (Å²) >= 11 is 0. The maximum absolute atomic E-state index is 12.8. The lowest BCUT2D eigenvalue weighted by Crippen LogP contribution is -2.37. The molecule has 2 unspecified atom stereocenters. The Kier molecular flexibility index (Phi) is 53.6. The van der Waals surface area contributed by atoms with Gasteiger partial charge in [0.05, 0.1) is 27.7 Å². The second-order valence-corrected chi connectivity index (χ2v) is 24.3. The number of esters is 2. The number of carbonyl (C=O) groups excluding carboxylic acids is 2. The smallest absolute Gasteiger partial charge is 0.462 e. The van der Waals surface area contributed by atoms with E-state index in [1.807, 2.05) is 21.1 Å². The highest BCUT2D eigenvalue weighted by atomic mass is 31.2. The molecule has 0 aromatic carbocycles. The molecule has 2 atom stereocenters. The number of ether oxygens (including phenoxy) is 2. The molecule has 10 heteroatoms. The van der Waals surface area contributed by atoms with E-state index < -0.39 is 26.5 Å². The third-order valence-corrected chi connectivity index (χ3v) is 15.3. The average Bonchev–Trinajstić information content (AvgIpc) is 3.34. The number of allylic oxidation sites excluding steroid dienone is 2. The molecule has 0 spiro atoms. The van der Waals surface area contributed by atoms with Gasteiger partial charge in [-0.25, -0.2) is 4.57 Å². The van der Waals surface area contributed by atoms with Crippen LogP contribution in [0.25, 0.3) is 0 Å². The van der Waals surface area contributed by atoms with Gasteiger partial charge in [-0.2, -0.15) is 0 Å². The predicted octanol–water partition coefficient (Wildman–Crippen LogP) is 19.6. The lowest BCUT2D eigenvalue weighted by Gasteiger charge is -2.24. The molecule has 0 rings (SSSR count). The van der Waals surface area contributed by atoms with E-state index in [-0.39, 0.29) is 25.6 Å². The van der Waals surface area contributed by atoms with Crippen molar-refractivity contribution in [3.05, 3.63) is 12.2 Å². The minimum atomic E-state index is -4.38. The molecule has 0 saturated heterocycles. The minimum absolute atomic E-state index is 0.0363. The topological polar surface area (TPSA) is 108 Å². The molecule has 0 aromatic rings. The van der Waals surface area contributed by atoms with Gasteiger partial charge in [0, 0.05) is 12.8 Å². The maximum Gasteiger partial charge on any atom is 0.472 e. The van der Waals surface area contributed by atoms with Gasteiger partial charge in [0.1, 0.15) is 19.8 Å². The van der Waals surface area contributed by atoms with Crippen LogP contribution in [0.2, 0.25) is 0 Å². The molecule has 0 fully saturated rings. The molecule has 72 heavy (non-hydrogen) atoms. The van der Waals surface area contributed by atoms with Crippen LogP contribution in [0.15, 0.2) is 12.2 Å². The normalized spacial score (nSPS) is 13.2. The number of carbonyl (C=O) groups is 2. The molecule has 0 aliphatic rings. The summed E-state index contributed by atoms with van der Waals surface area (Å²) in [7, 11) is 1.50. The zero-order valence-corrected chi connectivity index (χ0v) is 49.6. The predicted molar refractivity (Wildman–Crippen MR) is 308 cm³/mol. The van der Waals surface area contributed by atoms with Crippen molar-refractivity contribution in [1.82, 2.24) is 0 Å². The molecule has 0 heterocycles. The second-order valence-electron chi connectivity index (χ2n) is 22.8. The summed E-state index contributed by atoms with van der Waals surface area (Å²) < 4.78 is 34.6. The number of unbranched alkanes of at least 4 members (excludes halogenated alkanes) is 43. The van der Waals surface area contributed by atoms with Crippen molar-refractivity contribution in [2.24, 2.45) is 0 Å². The number of phosphoric acid groups is 1. The quantitative estimate of drug-likeness (QED) is 0.0211. The highest BCUT2D eigenvalue weighted by molar-refractivity contribution is 7.47. The van der Waals surface area contributed by atoms with Gasteiger partial charge < -0.3 is 18.9 Å². The first-order chi connectivity index (χ1) is 35.0. The fourth-order valence-electron chi connectivity index (χ4n) is 9.43. The van der Waals surface area contributed by atoms with Crippen LogP contribution in [0, 0.1) is 0 Å². The molecule has 1 N–H and O–H groups in total. The zero-order chi connectivity index (χ0) is 52.7. The van der Waals surface area contributed by atoms with Crippen LogP contribution in [0.4, 0.5) is 0 Å². The van der Waals surface area contributed by atoms with Crippen LogP contribution in [0.5, 0.6) is 0 Å². The van der Waals surface area contributed by atoms with E-state index in [0.29, 0.717) is 17.4 Å². The van der Waals surface area contributed by atoms with Gasteiger partial charge in [-0.3, -0.25) is 18.6 Å². The van der Waals surface area contributed by atoms with Crippen molar-refractivity contribution in [3.63, 3.8) is 0 Å². The van der Waals surface area contributed by atoms with Gasteiger partial charge in [-0.1, -0.05) is 283 Å². The second kappa shape index (κ2) is 54.5. The molecule has 0 bridgehead atoms. The van der Waals surface area contributed by atoms with Crippen molar-refractivity contribution >= 4 is 19.8 Å². The van der Waals surface area contributed by atoms with E-state index in [1.165, 1.54) is 257 Å². The Labute approximate surface area is 447 Å². The van der Waals surface area contributed by atoms with Gasteiger partial charge in [-0.05, 0) is 38.5 Å². The number of quaternary nitrogens is 1. The lowest BCUT2D eigenvalue weighted by atomic mass is 10.0. The van der Waals surface area contributed by atoms with E-state index in [2.05, 4.69) is 26.0 Å². The number of hydrogen-bond acceptors (Lipinski definition) is 7. The summed E-state index contributed by atoms with van der Waals surface area (Å²) in [4.78, 5) is 35.7. The summed E-state index contributed by atoms with van der Waals surface area (Å²) in [6.07, 6.45) is 64.4. The van der Waals surface area contributed by atoms with Gasteiger partial charge >= 0.3 is 19.8 Å². The summed E-state index contributed by atoms with van der Waals surface area (Å²) in [5, 5.41) is 0. The Balaban J connectivity index is 4.04. The summed E-state index contributed by atoms with van der Waals surface area (Å²) in [6, 6.07) is 0. The van der Waals surface area contributed by atoms with Gasteiger partial charge in [0.25, 0.3) is 0 Å². The summed E-state index contributed by atoms with van der Waals surface area (Å²) in [5.74, 6) is -0.774. The zero-order valence-electron chi connectivity index (χ0n) is 48.7. The van der Waals surface area contributed by atoms with Gasteiger partial charge in [0.15, 0.2) is 6.10 Å². The molecule has 9 nitrogen and oxygen atoms in total. The number of phosphoric ester groups is 1. The van der Waals surface area contributed by atoms with Crippen molar-refractivity contribution in [1.29, 1.82) is 0 Å². The summed E-state index contributed by atoms with van der Waals surface area (Å²) in [5.41, 5.74) is 0. The Morgan fingerprint density at radius 3 is 1.03 bits per heavy atom.